The van der Waals surface area contributed by atoms with Gasteiger partial charge >= 0.3 is 0 Å². The fourth-order valence-corrected chi connectivity index (χ4v) is 5.97. The van der Waals surface area contributed by atoms with Crippen LogP contribution in [0.5, 0.6) is 0 Å². The van der Waals surface area contributed by atoms with Crippen molar-refractivity contribution >= 4 is 55.6 Å². The van der Waals surface area contributed by atoms with Crippen LogP contribution in [0.1, 0.15) is 12.0 Å². The molecule has 7 nitrogen and oxygen atoms in total. The van der Waals surface area contributed by atoms with Gasteiger partial charge in [0.25, 0.3) is 10.0 Å². The van der Waals surface area contributed by atoms with Crippen molar-refractivity contribution in [2.75, 3.05) is 29.8 Å². The predicted octanol–water partition coefficient (Wildman–Crippen LogP) is 4.50. The van der Waals surface area contributed by atoms with Gasteiger partial charge in [0, 0.05) is 54.8 Å². The van der Waals surface area contributed by atoms with E-state index >= 15 is 0 Å². The van der Waals surface area contributed by atoms with E-state index in [0.717, 1.165) is 36.7 Å². The highest BCUT2D eigenvalue weighted by Gasteiger charge is 2.28. The summed E-state index contributed by atoms with van der Waals surface area (Å²) in [4.78, 5) is 8.07. The Kier molecular flexibility index (Phi) is 6.87. The fraction of sp³-hybridized carbons (Fsp3) is 0.300. The summed E-state index contributed by atoms with van der Waals surface area (Å²) < 4.78 is 45.4. The molecule has 1 aliphatic heterocycles. The molecule has 4 rings (SSSR count). The van der Waals surface area contributed by atoms with Crippen molar-refractivity contribution in [2.24, 2.45) is 0 Å². The first kappa shape index (κ1) is 23.2. The maximum Gasteiger partial charge on any atom is 0.263 e. The van der Waals surface area contributed by atoms with E-state index in [2.05, 4.69) is 19.0 Å². The van der Waals surface area contributed by atoms with E-state index in [-0.39, 0.29) is 21.9 Å². The van der Waals surface area contributed by atoms with Crippen LogP contribution in [-0.4, -0.2) is 48.9 Å². The zero-order valence-electron chi connectivity index (χ0n) is 17.0. The number of sulfonamides is 1. The molecular formula is C20H20Cl2FN5O2S2. The van der Waals surface area contributed by atoms with E-state index in [4.69, 9.17) is 23.2 Å². The highest BCUT2D eigenvalue weighted by atomic mass is 35.5. The molecule has 1 saturated heterocycles. The molecule has 1 fully saturated rings. The predicted molar refractivity (Wildman–Crippen MR) is 126 cm³/mol. The normalized spacial score (nSPS) is 16.9. The van der Waals surface area contributed by atoms with Crippen molar-refractivity contribution in [2.45, 2.75) is 23.9 Å². The summed E-state index contributed by atoms with van der Waals surface area (Å²) in [6.45, 7) is 1.99. The first-order chi connectivity index (χ1) is 15.2. The molecule has 1 unspecified atom stereocenters. The second-order valence-corrected chi connectivity index (χ2v) is 10.8. The second kappa shape index (κ2) is 9.48. The maximum atomic E-state index is 14.1. The maximum absolute atomic E-state index is 14.1. The Morgan fingerprint density at radius 2 is 2.09 bits per heavy atom. The molecule has 2 heterocycles. The lowest BCUT2D eigenvalue weighted by molar-refractivity contribution is 0.320. The summed E-state index contributed by atoms with van der Waals surface area (Å²) in [5.74, 6) is -0.270. The average Bonchev–Trinajstić information content (AvgIpc) is 3.42. The quantitative estimate of drug-likeness (QED) is 0.499. The fourth-order valence-electron chi connectivity index (χ4n) is 3.71. The van der Waals surface area contributed by atoms with E-state index in [1.165, 1.54) is 30.6 Å². The second-order valence-electron chi connectivity index (χ2n) is 7.49. The Labute approximate surface area is 200 Å². The zero-order valence-corrected chi connectivity index (χ0v) is 20.1. The van der Waals surface area contributed by atoms with Gasteiger partial charge in [0.2, 0.25) is 5.13 Å². The minimum atomic E-state index is -3.82. The van der Waals surface area contributed by atoms with Crippen LogP contribution in [0, 0.1) is 5.82 Å². The van der Waals surface area contributed by atoms with E-state index < -0.39 is 10.0 Å². The molecule has 12 heteroatoms. The molecule has 0 saturated carbocycles. The summed E-state index contributed by atoms with van der Waals surface area (Å²) in [7, 11) is -1.90. The topological polar surface area (TPSA) is 78.4 Å². The van der Waals surface area contributed by atoms with Crippen molar-refractivity contribution in [3.8, 4) is 0 Å². The van der Waals surface area contributed by atoms with Crippen LogP contribution >= 0.6 is 34.7 Å². The summed E-state index contributed by atoms with van der Waals surface area (Å²) in [6, 6.07) is 9.34. The number of nitrogens with zero attached hydrogens (tertiary/aromatic N) is 4. The van der Waals surface area contributed by atoms with Crippen LogP contribution in [0.4, 0.5) is 15.2 Å². The summed E-state index contributed by atoms with van der Waals surface area (Å²) in [5, 5.41) is 1.02. The Morgan fingerprint density at radius 3 is 2.81 bits per heavy atom. The monoisotopic (exact) mass is 515 g/mol. The number of halogens is 3. The molecule has 0 bridgehead atoms. The zero-order chi connectivity index (χ0) is 22.9. The van der Waals surface area contributed by atoms with E-state index in [1.54, 1.807) is 12.1 Å². The summed E-state index contributed by atoms with van der Waals surface area (Å²) in [5.41, 5.74) is 1.29. The van der Waals surface area contributed by atoms with Crippen molar-refractivity contribution in [3.05, 3.63) is 64.2 Å². The standard InChI is InChI=1S/C20H20Cl2FN5O2S2/c1-27(15-6-7-28(11-15)10-13-8-14(21)2-4-18(13)23)19-5-3-16(9-17(19)22)32(29,30)26-20-24-12-25-31-20/h2-5,8-9,12,15H,6-7,10-11H2,1H3,(H,24,25,26). The largest absolute Gasteiger partial charge is 0.369 e. The molecule has 32 heavy (non-hydrogen) atoms. The smallest absolute Gasteiger partial charge is 0.263 e. The van der Waals surface area contributed by atoms with Gasteiger partial charge in [0.05, 0.1) is 15.6 Å². The Balaban J connectivity index is 1.44. The van der Waals surface area contributed by atoms with Crippen molar-refractivity contribution in [3.63, 3.8) is 0 Å². The molecule has 0 amide bonds. The Morgan fingerprint density at radius 1 is 1.28 bits per heavy atom. The minimum Gasteiger partial charge on any atom is -0.369 e. The number of hydrogen-bond donors (Lipinski definition) is 1. The molecule has 1 atom stereocenters. The third-order valence-electron chi connectivity index (χ3n) is 5.39. The number of benzene rings is 2. The molecule has 1 aromatic heterocycles. The van der Waals surface area contributed by atoms with Gasteiger partial charge in [-0.25, -0.2) is 17.8 Å². The summed E-state index contributed by atoms with van der Waals surface area (Å²) in [6.07, 6.45) is 2.15. The molecule has 1 N–H and O–H groups in total. The lowest BCUT2D eigenvalue weighted by Crippen LogP contribution is -2.34. The van der Waals surface area contributed by atoms with Crippen molar-refractivity contribution in [1.82, 2.24) is 14.3 Å². The average molecular weight is 516 g/mol. The molecule has 2 aromatic carbocycles. The van der Waals surface area contributed by atoms with Gasteiger partial charge in [-0.15, -0.1) is 0 Å². The highest BCUT2D eigenvalue weighted by Crippen LogP contribution is 2.32. The lowest BCUT2D eigenvalue weighted by atomic mass is 10.2. The number of nitrogens with one attached hydrogen (secondary N) is 1. The van der Waals surface area contributed by atoms with Crippen LogP contribution in [-0.2, 0) is 16.6 Å². The lowest BCUT2D eigenvalue weighted by Gasteiger charge is -2.28. The molecule has 0 aliphatic carbocycles. The Bertz CT molecular complexity index is 1210. The number of likely N-dealkylation sites (tertiary alicyclic amines) is 1. The first-order valence-corrected chi connectivity index (χ1v) is 12.7. The molecule has 0 spiro atoms. The van der Waals surface area contributed by atoms with Gasteiger partial charge in [-0.3, -0.25) is 9.62 Å². The molecule has 170 valence electrons. The van der Waals surface area contributed by atoms with E-state index in [0.29, 0.717) is 22.2 Å². The van der Waals surface area contributed by atoms with Gasteiger partial charge in [-0.2, -0.15) is 4.37 Å². The summed E-state index contributed by atoms with van der Waals surface area (Å²) >= 11 is 13.4. The van der Waals surface area contributed by atoms with Gasteiger partial charge in [-0.05, 0) is 42.8 Å². The van der Waals surface area contributed by atoms with Crippen LogP contribution in [0.25, 0.3) is 0 Å². The number of hydrogen-bond acceptors (Lipinski definition) is 7. The molecule has 3 aromatic rings. The van der Waals surface area contributed by atoms with E-state index in [9.17, 15) is 12.8 Å². The number of anilines is 2. The van der Waals surface area contributed by atoms with Gasteiger partial charge in [0.15, 0.2) is 0 Å². The van der Waals surface area contributed by atoms with Gasteiger partial charge in [0.1, 0.15) is 12.1 Å². The molecule has 0 radical (unpaired) electrons. The van der Waals surface area contributed by atoms with E-state index in [1.807, 2.05) is 11.9 Å². The van der Waals surface area contributed by atoms with Crippen molar-refractivity contribution in [1.29, 1.82) is 0 Å². The number of likely N-dealkylation sites (N-methyl/N-ethyl adjacent to an activating group) is 1. The third kappa shape index (κ3) is 5.15. The number of rotatable bonds is 7. The third-order valence-corrected chi connectivity index (χ3v) is 7.97. The van der Waals surface area contributed by atoms with Crippen LogP contribution in [0.3, 0.4) is 0 Å². The number of aromatic nitrogens is 2. The molecular weight excluding hydrogens is 496 g/mol. The van der Waals surface area contributed by atoms with Crippen LogP contribution in [0.2, 0.25) is 10.0 Å². The van der Waals surface area contributed by atoms with Gasteiger partial charge in [-0.1, -0.05) is 23.2 Å². The van der Waals surface area contributed by atoms with Gasteiger partial charge < -0.3 is 4.90 Å². The Hall–Kier alpha value is -1.98. The highest BCUT2D eigenvalue weighted by molar-refractivity contribution is 7.93. The van der Waals surface area contributed by atoms with Crippen molar-refractivity contribution < 1.29 is 12.8 Å². The van der Waals surface area contributed by atoms with Crippen LogP contribution < -0.4 is 9.62 Å². The molecule has 1 aliphatic rings. The van der Waals surface area contributed by atoms with Crippen LogP contribution in [0.15, 0.2) is 47.6 Å². The SMILES string of the molecule is CN(c1ccc(S(=O)(=O)Nc2ncns2)cc1Cl)C1CCN(Cc2cc(Cl)ccc2F)C1. The first-order valence-electron chi connectivity index (χ1n) is 9.71. The minimum absolute atomic E-state index is 0.0410.